The standard InChI is InChI=1S/C9H16N2O/c1-3-5-8(7-10)9(12)11-6-4-2/h2,8H,3,5-7,10H2,1H3,(H,11,12). The van der Waals surface area contributed by atoms with Crippen molar-refractivity contribution in [3.63, 3.8) is 0 Å². The van der Waals surface area contributed by atoms with Crippen LogP contribution in [-0.4, -0.2) is 19.0 Å². The molecular weight excluding hydrogens is 152 g/mol. The van der Waals surface area contributed by atoms with Crippen molar-refractivity contribution in [2.75, 3.05) is 13.1 Å². The molecule has 0 heterocycles. The second-order valence-corrected chi connectivity index (χ2v) is 2.64. The van der Waals surface area contributed by atoms with E-state index >= 15 is 0 Å². The molecule has 0 spiro atoms. The van der Waals surface area contributed by atoms with E-state index in [1.807, 2.05) is 6.92 Å². The van der Waals surface area contributed by atoms with Crippen LogP contribution in [0.15, 0.2) is 0 Å². The first kappa shape index (κ1) is 11.0. The van der Waals surface area contributed by atoms with Gasteiger partial charge in [0.05, 0.1) is 12.5 Å². The van der Waals surface area contributed by atoms with E-state index in [4.69, 9.17) is 12.2 Å². The van der Waals surface area contributed by atoms with E-state index in [0.29, 0.717) is 13.1 Å². The van der Waals surface area contributed by atoms with Gasteiger partial charge in [-0.1, -0.05) is 19.3 Å². The largest absolute Gasteiger partial charge is 0.345 e. The lowest BCUT2D eigenvalue weighted by molar-refractivity contribution is -0.124. The van der Waals surface area contributed by atoms with Crippen molar-refractivity contribution in [3.05, 3.63) is 0 Å². The maximum absolute atomic E-state index is 11.2. The molecule has 0 aliphatic rings. The summed E-state index contributed by atoms with van der Waals surface area (Å²) in [5.74, 6) is 2.24. The zero-order chi connectivity index (χ0) is 9.40. The van der Waals surface area contributed by atoms with Crippen LogP contribution in [0, 0.1) is 18.3 Å². The molecule has 12 heavy (non-hydrogen) atoms. The average molecular weight is 168 g/mol. The fourth-order valence-corrected chi connectivity index (χ4v) is 0.987. The molecule has 1 amide bonds. The number of hydrogen-bond acceptors (Lipinski definition) is 2. The van der Waals surface area contributed by atoms with E-state index in [1.165, 1.54) is 0 Å². The molecule has 0 aliphatic carbocycles. The van der Waals surface area contributed by atoms with Crippen LogP contribution in [0.25, 0.3) is 0 Å². The van der Waals surface area contributed by atoms with Crippen molar-refractivity contribution < 1.29 is 4.79 Å². The SMILES string of the molecule is C#CCNC(=O)C(CN)CCC. The van der Waals surface area contributed by atoms with Gasteiger partial charge >= 0.3 is 0 Å². The minimum Gasteiger partial charge on any atom is -0.345 e. The molecule has 0 aliphatic heterocycles. The summed E-state index contributed by atoms with van der Waals surface area (Å²) in [6.45, 7) is 2.71. The molecule has 3 nitrogen and oxygen atoms in total. The highest BCUT2D eigenvalue weighted by atomic mass is 16.1. The topological polar surface area (TPSA) is 55.1 Å². The molecule has 1 atom stereocenters. The Morgan fingerprint density at radius 2 is 2.42 bits per heavy atom. The molecule has 0 fully saturated rings. The van der Waals surface area contributed by atoms with Gasteiger partial charge in [0, 0.05) is 6.54 Å². The smallest absolute Gasteiger partial charge is 0.225 e. The summed E-state index contributed by atoms with van der Waals surface area (Å²) in [4.78, 5) is 11.2. The molecular formula is C9H16N2O. The molecule has 0 rings (SSSR count). The third kappa shape index (κ3) is 3.99. The van der Waals surface area contributed by atoms with Crippen LogP contribution in [0.1, 0.15) is 19.8 Å². The summed E-state index contributed by atoms with van der Waals surface area (Å²) in [5, 5.41) is 2.61. The van der Waals surface area contributed by atoms with Crippen LogP contribution in [-0.2, 0) is 4.79 Å². The second kappa shape index (κ2) is 6.68. The minimum absolute atomic E-state index is 0.0303. The van der Waals surface area contributed by atoms with Crippen molar-refractivity contribution in [1.29, 1.82) is 0 Å². The van der Waals surface area contributed by atoms with E-state index in [1.54, 1.807) is 0 Å². The van der Waals surface area contributed by atoms with E-state index in [2.05, 4.69) is 11.2 Å². The number of carbonyl (C=O) groups excluding carboxylic acids is 1. The lowest BCUT2D eigenvalue weighted by Gasteiger charge is -2.11. The molecule has 0 aromatic heterocycles. The van der Waals surface area contributed by atoms with Crippen molar-refractivity contribution in [1.82, 2.24) is 5.32 Å². The lowest BCUT2D eigenvalue weighted by Crippen LogP contribution is -2.35. The molecule has 0 saturated heterocycles. The van der Waals surface area contributed by atoms with E-state index in [0.717, 1.165) is 12.8 Å². The van der Waals surface area contributed by atoms with Crippen molar-refractivity contribution in [2.24, 2.45) is 11.7 Å². The van der Waals surface area contributed by atoms with Gasteiger partial charge in [-0.2, -0.15) is 0 Å². The molecule has 0 bridgehead atoms. The van der Waals surface area contributed by atoms with Gasteiger partial charge in [-0.25, -0.2) is 0 Å². The Labute approximate surface area is 73.7 Å². The molecule has 0 aromatic rings. The Kier molecular flexibility index (Phi) is 6.12. The summed E-state index contributed by atoms with van der Waals surface area (Å²) in [7, 11) is 0. The van der Waals surface area contributed by atoms with Gasteiger partial charge in [-0.15, -0.1) is 6.42 Å². The predicted molar refractivity (Wildman–Crippen MR) is 49.3 cm³/mol. The molecule has 3 N–H and O–H groups in total. The van der Waals surface area contributed by atoms with Gasteiger partial charge in [0.2, 0.25) is 5.91 Å². The Morgan fingerprint density at radius 3 is 2.83 bits per heavy atom. The van der Waals surface area contributed by atoms with Crippen LogP contribution in [0.5, 0.6) is 0 Å². The number of terminal acetylenes is 1. The van der Waals surface area contributed by atoms with Gasteiger partial charge in [-0.05, 0) is 6.42 Å². The normalized spacial score (nSPS) is 11.8. The fraction of sp³-hybridized carbons (Fsp3) is 0.667. The summed E-state index contributed by atoms with van der Waals surface area (Å²) in [6, 6.07) is 0. The first-order chi connectivity index (χ1) is 5.76. The Balaban J connectivity index is 3.78. The van der Waals surface area contributed by atoms with Crippen LogP contribution in [0.2, 0.25) is 0 Å². The van der Waals surface area contributed by atoms with Crippen LogP contribution < -0.4 is 11.1 Å². The highest BCUT2D eigenvalue weighted by Gasteiger charge is 2.13. The van der Waals surface area contributed by atoms with E-state index in [9.17, 15) is 4.79 Å². The van der Waals surface area contributed by atoms with E-state index in [-0.39, 0.29) is 11.8 Å². The van der Waals surface area contributed by atoms with Crippen molar-refractivity contribution in [3.8, 4) is 12.3 Å². The molecule has 0 saturated carbocycles. The monoisotopic (exact) mass is 168 g/mol. The molecule has 68 valence electrons. The number of amides is 1. The minimum atomic E-state index is -0.0802. The summed E-state index contributed by atoms with van der Waals surface area (Å²) in [6.07, 6.45) is 6.79. The average Bonchev–Trinajstić information content (AvgIpc) is 2.10. The van der Waals surface area contributed by atoms with Gasteiger partial charge in [0.1, 0.15) is 0 Å². The molecule has 0 aromatic carbocycles. The Hall–Kier alpha value is -1.01. The number of nitrogens with one attached hydrogen (secondary N) is 1. The highest BCUT2D eigenvalue weighted by molar-refractivity contribution is 5.79. The van der Waals surface area contributed by atoms with Crippen molar-refractivity contribution in [2.45, 2.75) is 19.8 Å². The first-order valence-electron chi connectivity index (χ1n) is 4.17. The number of hydrogen-bond donors (Lipinski definition) is 2. The van der Waals surface area contributed by atoms with E-state index < -0.39 is 0 Å². The molecule has 3 heteroatoms. The quantitative estimate of drug-likeness (QED) is 0.572. The zero-order valence-electron chi connectivity index (χ0n) is 7.47. The van der Waals surface area contributed by atoms with Crippen LogP contribution in [0.4, 0.5) is 0 Å². The first-order valence-corrected chi connectivity index (χ1v) is 4.17. The Bertz CT molecular complexity index is 172. The fourth-order valence-electron chi connectivity index (χ4n) is 0.987. The predicted octanol–water partition coefficient (Wildman–Crippen LogP) is 0.111. The molecule has 0 radical (unpaired) electrons. The number of carbonyl (C=O) groups is 1. The number of nitrogens with two attached hydrogens (primary N) is 1. The summed E-state index contributed by atoms with van der Waals surface area (Å²) < 4.78 is 0. The third-order valence-electron chi connectivity index (χ3n) is 1.66. The number of rotatable bonds is 5. The second-order valence-electron chi connectivity index (χ2n) is 2.64. The lowest BCUT2D eigenvalue weighted by atomic mass is 10.0. The maximum Gasteiger partial charge on any atom is 0.225 e. The van der Waals surface area contributed by atoms with Gasteiger partial charge in [-0.3, -0.25) is 4.79 Å². The summed E-state index contributed by atoms with van der Waals surface area (Å²) in [5.41, 5.74) is 5.42. The highest BCUT2D eigenvalue weighted by Crippen LogP contribution is 2.03. The molecule has 1 unspecified atom stereocenters. The maximum atomic E-state index is 11.2. The Morgan fingerprint density at radius 1 is 1.75 bits per heavy atom. The zero-order valence-corrected chi connectivity index (χ0v) is 7.47. The van der Waals surface area contributed by atoms with Gasteiger partial charge in [0.15, 0.2) is 0 Å². The van der Waals surface area contributed by atoms with Gasteiger partial charge < -0.3 is 11.1 Å². The van der Waals surface area contributed by atoms with Crippen molar-refractivity contribution >= 4 is 5.91 Å². The summed E-state index contributed by atoms with van der Waals surface area (Å²) >= 11 is 0. The van der Waals surface area contributed by atoms with Gasteiger partial charge in [0.25, 0.3) is 0 Å². The van der Waals surface area contributed by atoms with Crippen LogP contribution >= 0.6 is 0 Å². The van der Waals surface area contributed by atoms with Crippen LogP contribution in [0.3, 0.4) is 0 Å². The third-order valence-corrected chi connectivity index (χ3v) is 1.66.